The van der Waals surface area contributed by atoms with Gasteiger partial charge in [-0.05, 0) is 30.5 Å². The molecule has 0 saturated carbocycles. The number of sulfonamides is 1. The fourth-order valence-electron chi connectivity index (χ4n) is 2.86. The van der Waals surface area contributed by atoms with E-state index in [1.807, 2.05) is 11.9 Å². The van der Waals surface area contributed by atoms with E-state index in [1.54, 1.807) is 12.1 Å². The smallest absolute Gasteiger partial charge is 0.235 e. The molecule has 0 unspecified atom stereocenters. The molecular formula is C15H21FN4O2S. The van der Waals surface area contributed by atoms with Crippen molar-refractivity contribution in [2.75, 3.05) is 36.7 Å². The van der Waals surface area contributed by atoms with Gasteiger partial charge in [-0.1, -0.05) is 6.07 Å². The summed E-state index contributed by atoms with van der Waals surface area (Å²) in [5.74, 6) is 0.388. The summed E-state index contributed by atoms with van der Waals surface area (Å²) in [5, 5.41) is 3.20. The van der Waals surface area contributed by atoms with E-state index in [1.165, 1.54) is 10.4 Å². The molecule has 2 aliphatic rings. The molecule has 8 heteroatoms. The predicted octanol–water partition coefficient (Wildman–Crippen LogP) is 1.15. The lowest BCUT2D eigenvalue weighted by molar-refractivity contribution is 0.446. The van der Waals surface area contributed by atoms with Gasteiger partial charge in [-0.25, -0.2) is 12.8 Å². The second-order valence-corrected chi connectivity index (χ2v) is 7.87. The Bertz CT molecular complexity index is 720. The van der Waals surface area contributed by atoms with Gasteiger partial charge in [0.05, 0.1) is 11.4 Å². The minimum absolute atomic E-state index is 0.0852. The molecule has 2 aliphatic heterocycles. The van der Waals surface area contributed by atoms with Crippen molar-refractivity contribution in [3.8, 4) is 0 Å². The first-order chi connectivity index (χ1) is 11.0. The van der Waals surface area contributed by atoms with Gasteiger partial charge in [-0.15, -0.1) is 0 Å². The molecule has 0 spiro atoms. The molecule has 1 N–H and O–H groups in total. The molecule has 0 radical (unpaired) electrons. The van der Waals surface area contributed by atoms with Crippen LogP contribution in [0, 0.1) is 5.82 Å². The van der Waals surface area contributed by atoms with Crippen LogP contribution in [0.5, 0.6) is 0 Å². The van der Waals surface area contributed by atoms with Crippen LogP contribution in [0.2, 0.25) is 0 Å². The molecule has 6 nitrogen and oxygen atoms in total. The van der Waals surface area contributed by atoms with Gasteiger partial charge in [0.2, 0.25) is 10.0 Å². The predicted molar refractivity (Wildman–Crippen MR) is 88.5 cm³/mol. The van der Waals surface area contributed by atoms with Gasteiger partial charge in [-0.3, -0.25) is 9.30 Å². The maximum Gasteiger partial charge on any atom is 0.235 e. The summed E-state index contributed by atoms with van der Waals surface area (Å²) < 4.78 is 39.3. The molecular weight excluding hydrogens is 319 g/mol. The molecule has 1 fully saturated rings. The number of nitrogens with zero attached hydrogens (tertiary/aromatic N) is 3. The topological polar surface area (TPSA) is 65.0 Å². The largest absolute Gasteiger partial charge is 0.352 e. The zero-order valence-corrected chi connectivity index (χ0v) is 13.9. The van der Waals surface area contributed by atoms with Crippen molar-refractivity contribution >= 4 is 21.7 Å². The van der Waals surface area contributed by atoms with Gasteiger partial charge in [0.15, 0.2) is 5.96 Å². The number of rotatable bonds is 3. The number of anilines is 1. The maximum absolute atomic E-state index is 14.3. The normalized spacial score (nSPS) is 20.5. The molecule has 3 rings (SSSR count). The standard InChI is InChI=1S/C15H21FN4O2S/c1-19-7-2-6-17-15(19)18-11-12-4-5-14(13(16)10-12)20-8-3-9-23(20,21)22/h4-5,10H,2-3,6-9,11H2,1H3,(H,17,18). The molecule has 0 amide bonds. The lowest BCUT2D eigenvalue weighted by Crippen LogP contribution is -2.41. The average molecular weight is 340 g/mol. The third-order valence-electron chi connectivity index (χ3n) is 4.11. The minimum atomic E-state index is -3.36. The van der Waals surface area contributed by atoms with Crippen molar-refractivity contribution in [1.82, 2.24) is 10.2 Å². The van der Waals surface area contributed by atoms with Crippen LogP contribution < -0.4 is 9.62 Å². The monoisotopic (exact) mass is 340 g/mol. The van der Waals surface area contributed by atoms with Crippen LogP contribution in [0.3, 0.4) is 0 Å². The zero-order valence-electron chi connectivity index (χ0n) is 13.1. The fraction of sp³-hybridized carbons (Fsp3) is 0.533. The van der Waals surface area contributed by atoms with E-state index in [-0.39, 0.29) is 11.4 Å². The summed E-state index contributed by atoms with van der Waals surface area (Å²) in [4.78, 5) is 6.43. The number of guanidine groups is 1. The first-order valence-electron chi connectivity index (χ1n) is 7.76. The van der Waals surface area contributed by atoms with Crippen LogP contribution >= 0.6 is 0 Å². The van der Waals surface area contributed by atoms with Crippen molar-refractivity contribution in [2.24, 2.45) is 4.99 Å². The van der Waals surface area contributed by atoms with E-state index in [0.29, 0.717) is 19.5 Å². The highest BCUT2D eigenvalue weighted by Gasteiger charge is 2.30. The Kier molecular flexibility index (Phi) is 4.43. The van der Waals surface area contributed by atoms with E-state index < -0.39 is 15.8 Å². The summed E-state index contributed by atoms with van der Waals surface area (Å²) in [6.07, 6.45) is 1.58. The van der Waals surface area contributed by atoms with Crippen LogP contribution in [-0.2, 0) is 16.6 Å². The van der Waals surface area contributed by atoms with E-state index in [9.17, 15) is 12.8 Å². The average Bonchev–Trinajstić information content (AvgIpc) is 2.86. The molecule has 1 aromatic rings. The Morgan fingerprint density at radius 2 is 2.13 bits per heavy atom. The van der Waals surface area contributed by atoms with E-state index >= 15 is 0 Å². The number of hydrogen-bond donors (Lipinski definition) is 1. The van der Waals surface area contributed by atoms with E-state index in [0.717, 1.165) is 31.0 Å². The number of aliphatic imine (C=N–C) groups is 1. The first-order valence-corrected chi connectivity index (χ1v) is 9.36. The summed E-state index contributed by atoms with van der Waals surface area (Å²) in [7, 11) is -1.40. The Hall–Kier alpha value is -1.83. The van der Waals surface area contributed by atoms with Gasteiger partial charge < -0.3 is 10.2 Å². The van der Waals surface area contributed by atoms with Gasteiger partial charge >= 0.3 is 0 Å². The second-order valence-electron chi connectivity index (χ2n) is 5.86. The number of benzene rings is 1. The highest BCUT2D eigenvalue weighted by atomic mass is 32.2. The Balaban J connectivity index is 1.71. The zero-order chi connectivity index (χ0) is 16.4. The molecule has 1 saturated heterocycles. The summed E-state index contributed by atoms with van der Waals surface area (Å²) >= 11 is 0. The Labute approximate surface area is 136 Å². The van der Waals surface area contributed by atoms with Crippen molar-refractivity contribution in [3.63, 3.8) is 0 Å². The SMILES string of the molecule is CN1CCCN=C1NCc1ccc(N2CCCS2(=O)=O)c(F)c1. The summed E-state index contributed by atoms with van der Waals surface area (Å²) in [6, 6.07) is 4.68. The molecule has 126 valence electrons. The quantitative estimate of drug-likeness (QED) is 0.896. The van der Waals surface area contributed by atoms with Crippen molar-refractivity contribution in [1.29, 1.82) is 0 Å². The van der Waals surface area contributed by atoms with Crippen LogP contribution in [-0.4, -0.2) is 51.7 Å². The fourth-order valence-corrected chi connectivity index (χ4v) is 4.43. The number of nitrogens with one attached hydrogen (secondary N) is 1. The van der Waals surface area contributed by atoms with Crippen molar-refractivity contribution in [3.05, 3.63) is 29.6 Å². The van der Waals surface area contributed by atoms with Gasteiger partial charge in [0.1, 0.15) is 5.82 Å². The van der Waals surface area contributed by atoms with E-state index in [4.69, 9.17) is 0 Å². The molecule has 2 heterocycles. The number of halogens is 1. The second kappa shape index (κ2) is 6.35. The van der Waals surface area contributed by atoms with Crippen molar-refractivity contribution in [2.45, 2.75) is 19.4 Å². The van der Waals surface area contributed by atoms with Crippen molar-refractivity contribution < 1.29 is 12.8 Å². The highest BCUT2D eigenvalue weighted by Crippen LogP contribution is 2.27. The molecule has 0 aromatic heterocycles. The molecule has 0 bridgehead atoms. The van der Waals surface area contributed by atoms with Gasteiger partial charge in [-0.2, -0.15) is 0 Å². The maximum atomic E-state index is 14.3. The first kappa shape index (κ1) is 16.0. The molecule has 0 atom stereocenters. The Morgan fingerprint density at radius 3 is 2.78 bits per heavy atom. The van der Waals surface area contributed by atoms with Crippen LogP contribution in [0.1, 0.15) is 18.4 Å². The van der Waals surface area contributed by atoms with Crippen LogP contribution in [0.25, 0.3) is 0 Å². The lowest BCUT2D eigenvalue weighted by Gasteiger charge is -2.25. The molecule has 0 aliphatic carbocycles. The van der Waals surface area contributed by atoms with Crippen LogP contribution in [0.15, 0.2) is 23.2 Å². The Morgan fingerprint density at radius 1 is 1.30 bits per heavy atom. The van der Waals surface area contributed by atoms with Crippen LogP contribution in [0.4, 0.5) is 10.1 Å². The third-order valence-corrected chi connectivity index (χ3v) is 5.96. The summed E-state index contributed by atoms with van der Waals surface area (Å²) in [5.41, 5.74) is 0.892. The summed E-state index contributed by atoms with van der Waals surface area (Å²) in [6.45, 7) is 2.55. The van der Waals surface area contributed by atoms with E-state index in [2.05, 4.69) is 10.3 Å². The van der Waals surface area contributed by atoms with Gasteiger partial charge in [0, 0.05) is 33.2 Å². The molecule has 23 heavy (non-hydrogen) atoms. The highest BCUT2D eigenvalue weighted by molar-refractivity contribution is 7.93. The van der Waals surface area contributed by atoms with Gasteiger partial charge in [0.25, 0.3) is 0 Å². The lowest BCUT2D eigenvalue weighted by atomic mass is 10.2. The molecule has 1 aromatic carbocycles. The minimum Gasteiger partial charge on any atom is -0.352 e. The third kappa shape index (κ3) is 3.41. The number of hydrogen-bond acceptors (Lipinski definition) is 5.